The molecular formula is C12H14N2OS. The summed E-state index contributed by atoms with van der Waals surface area (Å²) in [6, 6.07) is 3.67. The second-order valence-electron chi connectivity index (χ2n) is 4.18. The summed E-state index contributed by atoms with van der Waals surface area (Å²) in [6.45, 7) is 2.41. The minimum atomic E-state index is 0.00537. The number of hydrogen-bond acceptors (Lipinski definition) is 3. The van der Waals surface area contributed by atoms with Crippen molar-refractivity contribution in [2.24, 2.45) is 5.73 Å². The number of nitrogens with two attached hydrogens (primary N) is 1. The molecule has 0 saturated heterocycles. The van der Waals surface area contributed by atoms with Gasteiger partial charge in [-0.05, 0) is 31.9 Å². The molecule has 1 aromatic heterocycles. The molecule has 0 aliphatic heterocycles. The molecule has 84 valence electrons. The molecule has 0 radical (unpaired) electrons. The molecule has 4 heteroatoms. The molecule has 0 aromatic carbocycles. The standard InChI is InChI=1S/C12H14N2OS/c1-12(6-7-12)14-11(15)10-5-4-9(16-10)3-2-8-13/h4-5H,6-8,13H2,1H3,(H,14,15). The second kappa shape index (κ2) is 4.28. The normalized spacial score (nSPS) is 16.1. The fourth-order valence-electron chi connectivity index (χ4n) is 1.31. The van der Waals surface area contributed by atoms with Crippen LogP contribution in [-0.4, -0.2) is 18.0 Å². The number of amides is 1. The van der Waals surface area contributed by atoms with Gasteiger partial charge in [0.05, 0.1) is 16.3 Å². The van der Waals surface area contributed by atoms with Gasteiger partial charge >= 0.3 is 0 Å². The van der Waals surface area contributed by atoms with Crippen molar-refractivity contribution in [1.82, 2.24) is 5.32 Å². The van der Waals surface area contributed by atoms with Crippen LogP contribution in [0.5, 0.6) is 0 Å². The molecule has 0 spiro atoms. The third-order valence-corrected chi connectivity index (χ3v) is 3.56. The number of rotatable bonds is 2. The molecular weight excluding hydrogens is 220 g/mol. The summed E-state index contributed by atoms with van der Waals surface area (Å²) in [7, 11) is 0. The zero-order valence-corrected chi connectivity index (χ0v) is 9.99. The van der Waals surface area contributed by atoms with Crippen LogP contribution >= 0.6 is 11.3 Å². The van der Waals surface area contributed by atoms with E-state index in [9.17, 15) is 4.79 Å². The summed E-state index contributed by atoms with van der Waals surface area (Å²) in [5, 5.41) is 3.01. The van der Waals surface area contributed by atoms with E-state index in [1.54, 1.807) is 0 Å². The Balaban J connectivity index is 2.03. The zero-order valence-electron chi connectivity index (χ0n) is 9.17. The largest absolute Gasteiger partial charge is 0.346 e. The van der Waals surface area contributed by atoms with E-state index >= 15 is 0 Å². The molecule has 1 saturated carbocycles. The highest BCUT2D eigenvalue weighted by Gasteiger charge is 2.38. The highest BCUT2D eigenvalue weighted by Crippen LogP contribution is 2.34. The average Bonchev–Trinajstić information content (AvgIpc) is 2.82. The molecule has 1 aliphatic carbocycles. The molecule has 1 heterocycles. The fraction of sp³-hybridized carbons (Fsp3) is 0.417. The fourth-order valence-corrected chi connectivity index (χ4v) is 2.09. The molecule has 2 rings (SSSR count). The van der Waals surface area contributed by atoms with Gasteiger partial charge in [0.1, 0.15) is 0 Å². The predicted octanol–water partition coefficient (Wildman–Crippen LogP) is 1.34. The van der Waals surface area contributed by atoms with E-state index in [4.69, 9.17) is 5.73 Å². The number of hydrogen-bond donors (Lipinski definition) is 2. The third-order valence-electron chi connectivity index (χ3n) is 2.56. The Morgan fingerprint density at radius 2 is 2.38 bits per heavy atom. The van der Waals surface area contributed by atoms with E-state index in [0.29, 0.717) is 6.54 Å². The zero-order chi connectivity index (χ0) is 11.6. The van der Waals surface area contributed by atoms with Gasteiger partial charge in [0, 0.05) is 5.54 Å². The first kappa shape index (κ1) is 11.2. The van der Waals surface area contributed by atoms with Crippen molar-refractivity contribution in [2.45, 2.75) is 25.3 Å². The maximum absolute atomic E-state index is 11.8. The summed E-state index contributed by atoms with van der Waals surface area (Å²) in [4.78, 5) is 13.4. The number of thiophene rings is 1. The molecule has 0 unspecified atom stereocenters. The Bertz CT molecular complexity index is 463. The monoisotopic (exact) mass is 234 g/mol. The lowest BCUT2D eigenvalue weighted by Crippen LogP contribution is -2.33. The van der Waals surface area contributed by atoms with E-state index in [0.717, 1.165) is 22.6 Å². The van der Waals surface area contributed by atoms with Crippen LogP contribution in [0.2, 0.25) is 0 Å². The molecule has 16 heavy (non-hydrogen) atoms. The van der Waals surface area contributed by atoms with Gasteiger partial charge in [-0.1, -0.05) is 11.8 Å². The summed E-state index contributed by atoms with van der Waals surface area (Å²) >= 11 is 1.41. The van der Waals surface area contributed by atoms with Crippen LogP contribution in [0.15, 0.2) is 12.1 Å². The van der Waals surface area contributed by atoms with Gasteiger partial charge in [-0.25, -0.2) is 0 Å². The first-order valence-electron chi connectivity index (χ1n) is 5.24. The van der Waals surface area contributed by atoms with Crippen molar-refractivity contribution >= 4 is 17.2 Å². The van der Waals surface area contributed by atoms with Gasteiger partial charge in [-0.3, -0.25) is 4.79 Å². The predicted molar refractivity (Wildman–Crippen MR) is 65.4 cm³/mol. The second-order valence-corrected chi connectivity index (χ2v) is 5.27. The molecule has 1 fully saturated rings. The molecule has 0 bridgehead atoms. The van der Waals surface area contributed by atoms with Crippen molar-refractivity contribution < 1.29 is 4.79 Å². The lowest BCUT2D eigenvalue weighted by Gasteiger charge is -2.09. The Morgan fingerprint density at radius 1 is 1.62 bits per heavy atom. The van der Waals surface area contributed by atoms with Crippen LogP contribution in [0.25, 0.3) is 0 Å². The van der Waals surface area contributed by atoms with Crippen molar-refractivity contribution in [1.29, 1.82) is 0 Å². The average molecular weight is 234 g/mol. The minimum absolute atomic E-state index is 0.00537. The van der Waals surface area contributed by atoms with Crippen LogP contribution in [0.4, 0.5) is 0 Å². The van der Waals surface area contributed by atoms with Crippen LogP contribution in [0.1, 0.15) is 34.3 Å². The van der Waals surface area contributed by atoms with Gasteiger partial charge in [0.25, 0.3) is 5.91 Å². The first-order valence-corrected chi connectivity index (χ1v) is 6.06. The quantitative estimate of drug-likeness (QED) is 0.759. The first-order chi connectivity index (χ1) is 7.63. The van der Waals surface area contributed by atoms with Gasteiger partial charge in [0.15, 0.2) is 0 Å². The number of carbonyl (C=O) groups is 1. The van der Waals surface area contributed by atoms with E-state index in [-0.39, 0.29) is 11.4 Å². The third kappa shape index (κ3) is 2.63. The molecule has 3 N–H and O–H groups in total. The van der Waals surface area contributed by atoms with E-state index < -0.39 is 0 Å². The summed E-state index contributed by atoms with van der Waals surface area (Å²) in [5.41, 5.74) is 5.32. The van der Waals surface area contributed by atoms with Crippen LogP contribution in [-0.2, 0) is 0 Å². The Hall–Kier alpha value is -1.31. The maximum atomic E-state index is 11.8. The van der Waals surface area contributed by atoms with E-state index in [1.165, 1.54) is 11.3 Å². The molecule has 1 aliphatic rings. The van der Waals surface area contributed by atoms with Crippen molar-refractivity contribution in [2.75, 3.05) is 6.54 Å². The molecule has 0 atom stereocenters. The van der Waals surface area contributed by atoms with Gasteiger partial charge < -0.3 is 11.1 Å². The van der Waals surface area contributed by atoms with Crippen molar-refractivity contribution in [3.8, 4) is 11.8 Å². The van der Waals surface area contributed by atoms with Crippen LogP contribution in [0, 0.1) is 11.8 Å². The van der Waals surface area contributed by atoms with Gasteiger partial charge in [-0.2, -0.15) is 0 Å². The highest BCUT2D eigenvalue weighted by molar-refractivity contribution is 7.14. The van der Waals surface area contributed by atoms with Crippen molar-refractivity contribution in [3.05, 3.63) is 21.9 Å². The summed E-state index contributed by atoms with van der Waals surface area (Å²) in [5.74, 6) is 5.70. The topological polar surface area (TPSA) is 55.1 Å². The van der Waals surface area contributed by atoms with E-state index in [2.05, 4.69) is 24.1 Å². The maximum Gasteiger partial charge on any atom is 0.261 e. The smallest absolute Gasteiger partial charge is 0.261 e. The Labute approximate surface area is 99.0 Å². The van der Waals surface area contributed by atoms with Crippen molar-refractivity contribution in [3.63, 3.8) is 0 Å². The van der Waals surface area contributed by atoms with Crippen LogP contribution in [0.3, 0.4) is 0 Å². The Kier molecular flexibility index (Phi) is 2.99. The SMILES string of the molecule is CC1(NC(=O)c2ccc(C#CCN)s2)CC1. The molecule has 1 aromatic rings. The lowest BCUT2D eigenvalue weighted by atomic mass is 10.3. The summed E-state index contributed by atoms with van der Waals surface area (Å²) < 4.78 is 0. The molecule has 1 amide bonds. The number of nitrogens with one attached hydrogen (secondary N) is 1. The molecule has 3 nitrogen and oxygen atoms in total. The highest BCUT2D eigenvalue weighted by atomic mass is 32.1. The Morgan fingerprint density at radius 3 is 3.00 bits per heavy atom. The summed E-state index contributed by atoms with van der Waals surface area (Å²) in [6.07, 6.45) is 2.15. The van der Waals surface area contributed by atoms with Gasteiger partial charge in [0.2, 0.25) is 0 Å². The number of carbonyl (C=O) groups excluding carboxylic acids is 1. The van der Waals surface area contributed by atoms with Gasteiger partial charge in [-0.15, -0.1) is 11.3 Å². The lowest BCUT2D eigenvalue weighted by molar-refractivity contribution is 0.0939. The van der Waals surface area contributed by atoms with E-state index in [1.807, 2.05) is 12.1 Å². The minimum Gasteiger partial charge on any atom is -0.346 e. The van der Waals surface area contributed by atoms with Crippen LogP contribution < -0.4 is 11.1 Å².